The van der Waals surface area contributed by atoms with Crippen LogP contribution in [0.2, 0.25) is 0 Å². The normalized spacial score (nSPS) is 16.7. The van der Waals surface area contributed by atoms with E-state index >= 15 is 0 Å². The second-order valence-corrected chi connectivity index (χ2v) is 7.03. The van der Waals surface area contributed by atoms with E-state index in [0.717, 1.165) is 19.3 Å². The van der Waals surface area contributed by atoms with Gasteiger partial charge in [-0.05, 0) is 38.7 Å². The third kappa shape index (κ3) is 3.14. The Morgan fingerprint density at radius 2 is 2.00 bits per heavy atom. The molecule has 5 heteroatoms. The van der Waals surface area contributed by atoms with Crippen molar-refractivity contribution >= 4 is 5.91 Å². The molecule has 0 aliphatic heterocycles. The van der Waals surface area contributed by atoms with Crippen molar-refractivity contribution in [2.75, 3.05) is 0 Å². The molecule has 0 spiro atoms. The summed E-state index contributed by atoms with van der Waals surface area (Å²) in [5, 5.41) is 6.99. The minimum Gasteiger partial charge on any atom is -0.344 e. The average Bonchev–Trinajstić information content (AvgIpc) is 2.93. The van der Waals surface area contributed by atoms with Gasteiger partial charge in [-0.1, -0.05) is 41.9 Å². The van der Waals surface area contributed by atoms with Crippen molar-refractivity contribution in [2.24, 2.45) is 0 Å². The van der Waals surface area contributed by atoms with Crippen LogP contribution < -0.4 is 5.32 Å². The summed E-state index contributed by atoms with van der Waals surface area (Å²) in [6.07, 6.45) is 4.21. The molecule has 1 amide bonds. The fraction of sp³-hybridized carbons (Fsp3) is 0.500. The van der Waals surface area contributed by atoms with Gasteiger partial charge < -0.3 is 9.84 Å². The molecule has 2 aromatic rings. The highest BCUT2D eigenvalue weighted by molar-refractivity contribution is 5.73. The first-order chi connectivity index (χ1) is 10.9. The molecule has 1 fully saturated rings. The van der Waals surface area contributed by atoms with Crippen LogP contribution in [0.3, 0.4) is 0 Å². The molecule has 0 radical (unpaired) electrons. The Morgan fingerprint density at radius 1 is 1.30 bits per heavy atom. The van der Waals surface area contributed by atoms with Gasteiger partial charge in [0.05, 0.1) is 11.0 Å². The summed E-state index contributed by atoms with van der Waals surface area (Å²) in [5.74, 6) is 1.12. The number of nitrogens with zero attached hydrogens (tertiary/aromatic N) is 2. The van der Waals surface area contributed by atoms with Crippen molar-refractivity contribution in [1.82, 2.24) is 15.5 Å². The molecule has 0 atom stereocenters. The van der Waals surface area contributed by atoms with Crippen LogP contribution in [0.25, 0.3) is 0 Å². The first-order valence-corrected chi connectivity index (χ1v) is 8.09. The number of carbonyl (C=O) groups excluding carboxylic acids is 1. The van der Waals surface area contributed by atoms with Crippen molar-refractivity contribution < 1.29 is 9.32 Å². The first-order valence-electron chi connectivity index (χ1n) is 8.09. The Hall–Kier alpha value is -2.17. The van der Waals surface area contributed by atoms with Crippen molar-refractivity contribution in [2.45, 2.75) is 57.4 Å². The number of nitrogens with one attached hydrogen (secondary N) is 1. The molecule has 1 heterocycles. The fourth-order valence-electron chi connectivity index (χ4n) is 3.25. The van der Waals surface area contributed by atoms with Gasteiger partial charge in [0.25, 0.3) is 0 Å². The van der Waals surface area contributed by atoms with Crippen LogP contribution >= 0.6 is 0 Å². The predicted molar refractivity (Wildman–Crippen MR) is 86.8 cm³/mol. The summed E-state index contributed by atoms with van der Waals surface area (Å²) >= 11 is 0. The number of aromatic nitrogens is 2. The summed E-state index contributed by atoms with van der Waals surface area (Å²) in [5.41, 5.74) is 0.595. The Bertz CT molecular complexity index is 687. The zero-order valence-electron chi connectivity index (χ0n) is 13.9. The smallest absolute Gasteiger partial charge is 0.233 e. The summed E-state index contributed by atoms with van der Waals surface area (Å²) in [6.45, 7) is 5.26. The second-order valence-electron chi connectivity index (χ2n) is 7.03. The first kappa shape index (κ1) is 15.7. The lowest BCUT2D eigenvalue weighted by Crippen LogP contribution is -2.41. The molecule has 5 nitrogen and oxygen atoms in total. The van der Waals surface area contributed by atoms with Crippen molar-refractivity contribution in [3.8, 4) is 0 Å². The number of rotatable bonds is 5. The summed E-state index contributed by atoms with van der Waals surface area (Å²) < 4.78 is 5.60. The van der Waals surface area contributed by atoms with E-state index in [2.05, 4.69) is 39.7 Å². The Kier molecular flexibility index (Phi) is 3.96. The second kappa shape index (κ2) is 5.80. The maximum Gasteiger partial charge on any atom is 0.233 e. The van der Waals surface area contributed by atoms with Gasteiger partial charge in [0.2, 0.25) is 11.8 Å². The van der Waals surface area contributed by atoms with E-state index in [-0.39, 0.29) is 11.3 Å². The van der Waals surface area contributed by atoms with Gasteiger partial charge in [0, 0.05) is 6.92 Å². The van der Waals surface area contributed by atoms with Gasteiger partial charge in [-0.3, -0.25) is 4.79 Å². The molecule has 1 N–H and O–H groups in total. The molecule has 3 rings (SSSR count). The minimum atomic E-state index is -0.634. The lowest BCUT2D eigenvalue weighted by molar-refractivity contribution is -0.120. The minimum absolute atomic E-state index is 0.0566. The topological polar surface area (TPSA) is 68.0 Å². The highest BCUT2D eigenvalue weighted by Crippen LogP contribution is 2.45. The molecule has 1 aromatic carbocycles. The Morgan fingerprint density at radius 3 is 2.57 bits per heavy atom. The monoisotopic (exact) mass is 313 g/mol. The van der Waals surface area contributed by atoms with Crippen LogP contribution in [-0.4, -0.2) is 16.0 Å². The fourth-order valence-corrected chi connectivity index (χ4v) is 3.25. The lowest BCUT2D eigenvalue weighted by atomic mass is 9.65. The molecule has 1 aliphatic rings. The van der Waals surface area contributed by atoms with Crippen molar-refractivity contribution in [3.63, 3.8) is 0 Å². The lowest BCUT2D eigenvalue weighted by Gasteiger charge is -2.38. The maximum absolute atomic E-state index is 11.3. The van der Waals surface area contributed by atoms with E-state index in [1.54, 1.807) is 0 Å². The highest BCUT2D eigenvalue weighted by atomic mass is 16.5. The van der Waals surface area contributed by atoms with Crippen LogP contribution in [-0.2, 0) is 22.2 Å². The molecular weight excluding hydrogens is 290 g/mol. The van der Waals surface area contributed by atoms with Crippen molar-refractivity contribution in [1.29, 1.82) is 0 Å². The molecule has 0 bridgehead atoms. The summed E-state index contributed by atoms with van der Waals surface area (Å²) in [6, 6.07) is 10.4. The quantitative estimate of drug-likeness (QED) is 0.921. The Balaban J connectivity index is 1.84. The van der Waals surface area contributed by atoms with Gasteiger partial charge in [-0.2, -0.15) is 4.98 Å². The van der Waals surface area contributed by atoms with E-state index in [0.29, 0.717) is 11.7 Å². The van der Waals surface area contributed by atoms with Gasteiger partial charge in [-0.25, -0.2) is 0 Å². The molecular formula is C18H23N3O2. The summed E-state index contributed by atoms with van der Waals surface area (Å²) in [7, 11) is 0. The van der Waals surface area contributed by atoms with Crippen LogP contribution in [0.5, 0.6) is 0 Å². The SMILES string of the molecule is CC(=O)NC(C)(C)c1noc(C2(Cc3ccccc3)CCC2)n1. The maximum atomic E-state index is 11.3. The molecule has 23 heavy (non-hydrogen) atoms. The van der Waals surface area contributed by atoms with Gasteiger partial charge in [0.1, 0.15) is 0 Å². The third-order valence-electron chi connectivity index (χ3n) is 4.62. The molecule has 1 saturated carbocycles. The molecule has 1 aliphatic carbocycles. The third-order valence-corrected chi connectivity index (χ3v) is 4.62. The standard InChI is InChI=1S/C18H23N3O2/c1-13(22)20-17(2,3)15-19-16(23-21-15)18(10-7-11-18)12-14-8-5-4-6-9-14/h4-6,8-9H,7,10-12H2,1-3H3,(H,20,22). The molecule has 0 unspecified atom stereocenters. The van der Waals surface area contributed by atoms with E-state index in [9.17, 15) is 4.79 Å². The van der Waals surface area contributed by atoms with Gasteiger partial charge in [-0.15, -0.1) is 0 Å². The average molecular weight is 313 g/mol. The van der Waals surface area contributed by atoms with Gasteiger partial charge in [0.15, 0.2) is 5.82 Å². The van der Waals surface area contributed by atoms with Gasteiger partial charge >= 0.3 is 0 Å². The molecule has 0 saturated heterocycles. The summed E-state index contributed by atoms with van der Waals surface area (Å²) in [4.78, 5) is 16.0. The number of benzene rings is 1. The van der Waals surface area contributed by atoms with Crippen LogP contribution in [0.1, 0.15) is 57.3 Å². The molecule has 122 valence electrons. The Labute approximate surface area is 136 Å². The largest absolute Gasteiger partial charge is 0.344 e. The number of amides is 1. The van der Waals surface area contributed by atoms with E-state index in [1.165, 1.54) is 18.9 Å². The van der Waals surface area contributed by atoms with Crippen LogP contribution in [0, 0.1) is 0 Å². The van der Waals surface area contributed by atoms with Crippen LogP contribution in [0.15, 0.2) is 34.9 Å². The number of carbonyl (C=O) groups is 1. The molecule has 1 aromatic heterocycles. The van der Waals surface area contributed by atoms with E-state index in [4.69, 9.17) is 4.52 Å². The predicted octanol–water partition coefficient (Wildman–Crippen LogP) is 3.11. The number of hydrogen-bond donors (Lipinski definition) is 1. The van der Waals surface area contributed by atoms with E-state index < -0.39 is 5.54 Å². The highest BCUT2D eigenvalue weighted by Gasteiger charge is 2.44. The number of hydrogen-bond acceptors (Lipinski definition) is 4. The zero-order valence-corrected chi connectivity index (χ0v) is 13.9. The van der Waals surface area contributed by atoms with Crippen LogP contribution in [0.4, 0.5) is 0 Å². The van der Waals surface area contributed by atoms with E-state index in [1.807, 2.05) is 19.9 Å². The zero-order chi connectivity index (χ0) is 16.5. The van der Waals surface area contributed by atoms with Crippen molar-refractivity contribution in [3.05, 3.63) is 47.6 Å².